The molecule has 0 atom stereocenters. The van der Waals surface area contributed by atoms with Crippen molar-refractivity contribution in [3.8, 4) is 0 Å². The Morgan fingerprint density at radius 1 is 1.17 bits per heavy atom. The first-order chi connectivity index (χ1) is 11.1. The Labute approximate surface area is 138 Å². The summed E-state index contributed by atoms with van der Waals surface area (Å²) in [5.41, 5.74) is 3.32. The second-order valence-electron chi connectivity index (χ2n) is 6.27. The lowest BCUT2D eigenvalue weighted by Crippen LogP contribution is -2.44. The molecule has 120 valence electrons. The first kappa shape index (κ1) is 16.1. The van der Waals surface area contributed by atoms with Gasteiger partial charge in [-0.15, -0.1) is 10.2 Å². The lowest BCUT2D eigenvalue weighted by atomic mass is 9.94. The van der Waals surface area contributed by atoms with Crippen molar-refractivity contribution in [1.82, 2.24) is 25.0 Å². The summed E-state index contributed by atoms with van der Waals surface area (Å²) < 4.78 is 0. The molecular weight excluding hydrogens is 287 g/mol. The molecule has 2 heterocycles. The highest BCUT2D eigenvalue weighted by Crippen LogP contribution is 2.13. The Morgan fingerprint density at radius 3 is 2.74 bits per heavy atom. The van der Waals surface area contributed by atoms with Gasteiger partial charge >= 0.3 is 0 Å². The predicted octanol–water partition coefficient (Wildman–Crippen LogP) is 0.176. The van der Waals surface area contributed by atoms with E-state index in [1.165, 1.54) is 0 Å². The third-order valence-electron chi connectivity index (χ3n) is 4.30. The predicted molar refractivity (Wildman–Crippen MR) is 94.5 cm³/mol. The van der Waals surface area contributed by atoms with Gasteiger partial charge in [-0.25, -0.2) is 4.98 Å². The van der Waals surface area contributed by atoms with Crippen molar-refractivity contribution >= 4 is 30.3 Å². The number of piperazine rings is 1. The number of aromatic nitrogens is 3. The van der Waals surface area contributed by atoms with Crippen LogP contribution >= 0.6 is 0 Å². The SMILES string of the molecule is [B]c1cc(C)c2nc(NCCCN3CCN(C)CC3)nnc2c1. The highest BCUT2D eigenvalue weighted by molar-refractivity contribution is 6.33. The van der Waals surface area contributed by atoms with Crippen LogP contribution in [0.1, 0.15) is 12.0 Å². The van der Waals surface area contributed by atoms with Gasteiger partial charge in [0.2, 0.25) is 5.95 Å². The van der Waals surface area contributed by atoms with E-state index in [-0.39, 0.29) is 0 Å². The fourth-order valence-corrected chi connectivity index (χ4v) is 2.89. The molecule has 0 aliphatic carbocycles. The van der Waals surface area contributed by atoms with Crippen molar-refractivity contribution in [2.24, 2.45) is 0 Å². The van der Waals surface area contributed by atoms with Crippen molar-refractivity contribution in [2.75, 3.05) is 51.6 Å². The topological polar surface area (TPSA) is 57.2 Å². The first-order valence-electron chi connectivity index (χ1n) is 8.17. The third-order valence-corrected chi connectivity index (χ3v) is 4.30. The molecule has 1 saturated heterocycles. The molecule has 1 aliphatic heterocycles. The molecule has 0 saturated carbocycles. The Hall–Kier alpha value is -1.73. The molecule has 0 spiro atoms. The van der Waals surface area contributed by atoms with E-state index in [9.17, 15) is 0 Å². The highest BCUT2D eigenvalue weighted by Gasteiger charge is 2.12. The maximum atomic E-state index is 5.82. The van der Waals surface area contributed by atoms with E-state index in [2.05, 4.69) is 37.3 Å². The van der Waals surface area contributed by atoms with E-state index in [1.54, 1.807) is 6.07 Å². The van der Waals surface area contributed by atoms with Crippen LogP contribution in [0.15, 0.2) is 12.1 Å². The number of hydrogen-bond donors (Lipinski definition) is 1. The molecule has 1 aromatic heterocycles. The second-order valence-corrected chi connectivity index (χ2v) is 6.27. The number of rotatable bonds is 5. The zero-order chi connectivity index (χ0) is 16.2. The summed E-state index contributed by atoms with van der Waals surface area (Å²) in [5, 5.41) is 11.6. The average molecular weight is 310 g/mol. The molecular formula is C16H23BN6. The van der Waals surface area contributed by atoms with Crippen LogP contribution < -0.4 is 10.8 Å². The average Bonchev–Trinajstić information content (AvgIpc) is 2.53. The first-order valence-corrected chi connectivity index (χ1v) is 8.17. The fraction of sp³-hybridized carbons (Fsp3) is 0.562. The maximum absolute atomic E-state index is 5.82. The van der Waals surface area contributed by atoms with Gasteiger partial charge in [0.05, 0.1) is 5.52 Å². The zero-order valence-electron chi connectivity index (χ0n) is 13.9. The third kappa shape index (κ3) is 4.17. The van der Waals surface area contributed by atoms with Gasteiger partial charge in [0.25, 0.3) is 0 Å². The Kier molecular flexibility index (Phi) is 5.08. The molecule has 0 unspecified atom stereocenters. The molecule has 1 aliphatic rings. The van der Waals surface area contributed by atoms with Crippen LogP contribution in [0.2, 0.25) is 0 Å². The summed E-state index contributed by atoms with van der Waals surface area (Å²) in [7, 11) is 8.00. The fourth-order valence-electron chi connectivity index (χ4n) is 2.89. The molecule has 7 heteroatoms. The van der Waals surface area contributed by atoms with Gasteiger partial charge in [-0.05, 0) is 38.6 Å². The molecule has 0 amide bonds. The van der Waals surface area contributed by atoms with E-state index >= 15 is 0 Å². The van der Waals surface area contributed by atoms with Crippen LogP contribution in [-0.4, -0.2) is 79.1 Å². The number of benzene rings is 1. The van der Waals surface area contributed by atoms with Gasteiger partial charge < -0.3 is 15.1 Å². The van der Waals surface area contributed by atoms with Crippen LogP contribution in [0.3, 0.4) is 0 Å². The summed E-state index contributed by atoms with van der Waals surface area (Å²) in [5.74, 6) is 0.587. The lowest BCUT2D eigenvalue weighted by molar-refractivity contribution is 0.154. The number of aryl methyl sites for hydroxylation is 1. The van der Waals surface area contributed by atoms with Gasteiger partial charge in [-0.1, -0.05) is 11.5 Å². The van der Waals surface area contributed by atoms with Crippen molar-refractivity contribution in [3.05, 3.63) is 17.7 Å². The lowest BCUT2D eigenvalue weighted by Gasteiger charge is -2.32. The summed E-state index contributed by atoms with van der Waals surface area (Å²) >= 11 is 0. The van der Waals surface area contributed by atoms with Crippen molar-refractivity contribution in [3.63, 3.8) is 0 Å². The van der Waals surface area contributed by atoms with E-state index < -0.39 is 0 Å². The molecule has 2 radical (unpaired) electrons. The Bertz CT molecular complexity index is 669. The standard InChI is InChI=1S/C16H23BN6/c1-12-10-13(17)11-14-15(12)19-16(21-20-14)18-4-3-5-23-8-6-22(2)7-9-23/h10-11H,3-9H2,1-2H3,(H,18,19,21). The molecule has 1 aromatic carbocycles. The minimum absolute atomic E-state index is 0.587. The number of nitrogens with zero attached hydrogens (tertiary/aromatic N) is 5. The molecule has 1 fully saturated rings. The van der Waals surface area contributed by atoms with E-state index in [0.29, 0.717) is 11.4 Å². The van der Waals surface area contributed by atoms with Gasteiger partial charge in [0, 0.05) is 32.7 Å². The summed E-state index contributed by atoms with van der Waals surface area (Å²) in [6, 6.07) is 3.72. The maximum Gasteiger partial charge on any atom is 0.243 e. The van der Waals surface area contributed by atoms with E-state index in [1.807, 2.05) is 13.0 Å². The Morgan fingerprint density at radius 2 is 1.96 bits per heavy atom. The Balaban J connectivity index is 1.51. The minimum Gasteiger partial charge on any atom is -0.353 e. The summed E-state index contributed by atoms with van der Waals surface area (Å²) in [6.45, 7) is 8.59. The largest absolute Gasteiger partial charge is 0.353 e. The van der Waals surface area contributed by atoms with Crippen LogP contribution in [0.5, 0.6) is 0 Å². The van der Waals surface area contributed by atoms with Gasteiger partial charge in [-0.2, -0.15) is 0 Å². The smallest absolute Gasteiger partial charge is 0.243 e. The molecule has 3 rings (SSSR count). The minimum atomic E-state index is 0.587. The quantitative estimate of drug-likeness (QED) is 0.628. The van der Waals surface area contributed by atoms with Crippen molar-refractivity contribution < 1.29 is 0 Å². The number of hydrogen-bond acceptors (Lipinski definition) is 6. The molecule has 23 heavy (non-hydrogen) atoms. The van der Waals surface area contributed by atoms with Crippen LogP contribution in [-0.2, 0) is 0 Å². The zero-order valence-corrected chi connectivity index (χ0v) is 13.9. The van der Waals surface area contributed by atoms with Crippen LogP contribution in [0, 0.1) is 6.92 Å². The molecule has 2 aromatic rings. The monoisotopic (exact) mass is 310 g/mol. The number of anilines is 1. The van der Waals surface area contributed by atoms with Crippen LogP contribution in [0.4, 0.5) is 5.95 Å². The van der Waals surface area contributed by atoms with E-state index in [0.717, 1.165) is 62.3 Å². The molecule has 0 bridgehead atoms. The summed E-state index contributed by atoms with van der Waals surface area (Å²) in [4.78, 5) is 9.43. The van der Waals surface area contributed by atoms with Gasteiger partial charge in [-0.3, -0.25) is 0 Å². The summed E-state index contributed by atoms with van der Waals surface area (Å²) in [6.07, 6.45) is 1.08. The van der Waals surface area contributed by atoms with Gasteiger partial charge in [0.15, 0.2) is 0 Å². The highest BCUT2D eigenvalue weighted by atomic mass is 15.3. The van der Waals surface area contributed by atoms with E-state index in [4.69, 9.17) is 7.85 Å². The second kappa shape index (κ2) is 7.23. The van der Waals surface area contributed by atoms with Crippen molar-refractivity contribution in [2.45, 2.75) is 13.3 Å². The normalized spacial score (nSPS) is 16.8. The molecule has 1 N–H and O–H groups in total. The van der Waals surface area contributed by atoms with Crippen LogP contribution in [0.25, 0.3) is 11.0 Å². The number of likely N-dealkylation sites (N-methyl/N-ethyl adjacent to an activating group) is 1. The number of nitrogens with one attached hydrogen (secondary N) is 1. The van der Waals surface area contributed by atoms with Gasteiger partial charge in [0.1, 0.15) is 13.4 Å². The van der Waals surface area contributed by atoms with Crippen molar-refractivity contribution in [1.29, 1.82) is 0 Å². The number of fused-ring (bicyclic) bond motifs is 1. The molecule has 6 nitrogen and oxygen atoms in total.